The fourth-order valence-corrected chi connectivity index (χ4v) is 13.9. The third kappa shape index (κ3) is 6.88. The molecule has 0 radical (unpaired) electrons. The van der Waals surface area contributed by atoms with Gasteiger partial charge in [0.1, 0.15) is 0 Å². The third-order valence-electron chi connectivity index (χ3n) is 7.38. The lowest BCUT2D eigenvalue weighted by atomic mass is 10.1. The van der Waals surface area contributed by atoms with Gasteiger partial charge in [0.25, 0.3) is 0 Å². The number of hydrogen-bond acceptors (Lipinski definition) is 2. The van der Waals surface area contributed by atoms with Crippen molar-refractivity contribution in [1.29, 1.82) is 0 Å². The highest BCUT2D eigenvalue weighted by Crippen LogP contribution is 2.62. The van der Waals surface area contributed by atoms with Gasteiger partial charge in [-0.1, -0.05) is 100 Å². The van der Waals surface area contributed by atoms with Gasteiger partial charge < -0.3 is 10.6 Å². The molecule has 2 aliphatic rings. The molecule has 2 N–H and O–H groups in total. The fourth-order valence-electron chi connectivity index (χ4n) is 5.64. The molecule has 2 atom stereocenters. The quantitative estimate of drug-likeness (QED) is 0.335. The van der Waals surface area contributed by atoms with Crippen LogP contribution in [0.2, 0.25) is 19.6 Å². The Morgan fingerprint density at radius 1 is 0.812 bits per heavy atom. The van der Waals surface area contributed by atoms with Crippen molar-refractivity contribution in [1.82, 2.24) is 10.6 Å². The molecular weight excluding hydrogens is 442 g/mol. The van der Waals surface area contributed by atoms with E-state index in [9.17, 15) is 0 Å². The Morgan fingerprint density at radius 2 is 1.34 bits per heavy atom. The minimum atomic E-state index is -1.33. The van der Waals surface area contributed by atoms with Crippen molar-refractivity contribution in [2.24, 2.45) is 0 Å². The number of benzene rings is 1. The van der Waals surface area contributed by atoms with Crippen molar-refractivity contribution >= 4 is 29.1 Å². The van der Waals surface area contributed by atoms with Gasteiger partial charge in [-0.3, -0.25) is 0 Å². The first-order valence-electron chi connectivity index (χ1n) is 12.8. The molecule has 32 heavy (non-hydrogen) atoms. The minimum Gasteiger partial charge on any atom is -0.316 e. The van der Waals surface area contributed by atoms with E-state index in [1.54, 1.807) is 16.3 Å². The van der Waals surface area contributed by atoms with E-state index in [-0.39, 0.29) is 15.8 Å². The summed E-state index contributed by atoms with van der Waals surface area (Å²) < 4.78 is 0. The molecule has 2 aliphatic heterocycles. The van der Waals surface area contributed by atoms with E-state index in [0.717, 1.165) is 11.3 Å². The smallest absolute Gasteiger partial charge is 0.0776 e. The Bertz CT molecular complexity index is 718. The van der Waals surface area contributed by atoms with Crippen molar-refractivity contribution < 1.29 is 0 Å². The van der Waals surface area contributed by atoms with Gasteiger partial charge in [0.05, 0.1) is 8.07 Å². The molecule has 0 aromatic heterocycles. The first kappa shape index (κ1) is 26.8. The van der Waals surface area contributed by atoms with Gasteiger partial charge in [-0.15, -0.1) is 0 Å². The molecule has 3 rings (SSSR count). The first-order chi connectivity index (χ1) is 14.8. The molecule has 1 aromatic carbocycles. The van der Waals surface area contributed by atoms with Crippen LogP contribution in [0.15, 0.2) is 18.2 Å². The standard InChI is InChI=1S/C27H50N2P2Si/c1-26(2,3)31(27(4,5)6)20-21-10-11-25(32(7,8)9)16-22(21)19-30(23-12-14-28-17-23)24-13-15-29-18-24/h10-11,16,23-24,28-29H,12-15,17-20H2,1-9H3. The lowest BCUT2D eigenvalue weighted by Crippen LogP contribution is -2.38. The number of hydrogen-bond donors (Lipinski definition) is 2. The van der Waals surface area contributed by atoms with Gasteiger partial charge in [-0.05, 0) is 71.0 Å². The molecule has 2 heterocycles. The zero-order valence-corrected chi connectivity index (χ0v) is 25.2. The Hall–Kier alpha value is 0.217. The summed E-state index contributed by atoms with van der Waals surface area (Å²) in [5, 5.41) is 9.78. The molecule has 0 bridgehead atoms. The second kappa shape index (κ2) is 10.5. The van der Waals surface area contributed by atoms with E-state index >= 15 is 0 Å². The summed E-state index contributed by atoms with van der Waals surface area (Å²) in [6.45, 7) is 27.3. The number of rotatable bonds is 7. The molecule has 0 amide bonds. The van der Waals surface area contributed by atoms with Crippen molar-refractivity contribution in [2.75, 3.05) is 26.2 Å². The lowest BCUT2D eigenvalue weighted by molar-refractivity contribution is 0.702. The molecule has 2 fully saturated rings. The molecule has 2 nitrogen and oxygen atoms in total. The summed E-state index contributed by atoms with van der Waals surface area (Å²) in [6.07, 6.45) is 5.40. The van der Waals surface area contributed by atoms with Crippen molar-refractivity contribution in [3.05, 3.63) is 29.3 Å². The predicted molar refractivity (Wildman–Crippen MR) is 153 cm³/mol. The van der Waals surface area contributed by atoms with Crippen LogP contribution in [0.4, 0.5) is 0 Å². The van der Waals surface area contributed by atoms with Crippen molar-refractivity contribution in [2.45, 2.75) is 108 Å². The topological polar surface area (TPSA) is 24.1 Å². The van der Waals surface area contributed by atoms with Crippen molar-refractivity contribution in [3.8, 4) is 0 Å². The first-order valence-corrected chi connectivity index (χ1v) is 19.5. The lowest BCUT2D eigenvalue weighted by Gasteiger charge is -2.42. The fraction of sp³-hybridized carbons (Fsp3) is 0.778. The molecular formula is C27H50N2P2Si. The van der Waals surface area contributed by atoms with Gasteiger partial charge >= 0.3 is 0 Å². The van der Waals surface area contributed by atoms with Crippen LogP contribution in [0.5, 0.6) is 0 Å². The molecule has 182 valence electrons. The maximum absolute atomic E-state index is 3.69. The zero-order chi connectivity index (χ0) is 23.7. The van der Waals surface area contributed by atoms with E-state index in [4.69, 9.17) is 0 Å². The van der Waals surface area contributed by atoms with Gasteiger partial charge in [0.15, 0.2) is 0 Å². The highest BCUT2D eigenvalue weighted by molar-refractivity contribution is 7.60. The summed E-state index contributed by atoms with van der Waals surface area (Å²) in [7, 11) is -1.44. The number of nitrogens with one attached hydrogen (secondary N) is 2. The van der Waals surface area contributed by atoms with Crippen LogP contribution in [-0.2, 0) is 12.3 Å². The zero-order valence-electron chi connectivity index (χ0n) is 22.4. The molecule has 5 heteroatoms. The third-order valence-corrected chi connectivity index (χ3v) is 16.8. The molecule has 2 unspecified atom stereocenters. The highest BCUT2D eigenvalue weighted by atomic mass is 31.1. The van der Waals surface area contributed by atoms with Gasteiger partial charge in [-0.25, -0.2) is 0 Å². The van der Waals surface area contributed by atoms with E-state index in [1.165, 1.54) is 51.3 Å². The minimum absolute atomic E-state index is 0.0128. The Labute approximate surface area is 203 Å². The molecule has 0 saturated carbocycles. The van der Waals surface area contributed by atoms with Crippen LogP contribution in [0, 0.1) is 0 Å². The second-order valence-corrected chi connectivity index (χ2v) is 24.9. The normalized spacial score (nSPS) is 23.8. The molecule has 0 spiro atoms. The summed E-state index contributed by atoms with van der Waals surface area (Å²) in [5.74, 6) is 0. The van der Waals surface area contributed by atoms with E-state index < -0.39 is 8.07 Å². The van der Waals surface area contributed by atoms with Crippen LogP contribution in [0.1, 0.15) is 65.5 Å². The van der Waals surface area contributed by atoms with E-state index in [1.807, 2.05) is 0 Å². The molecule has 2 saturated heterocycles. The van der Waals surface area contributed by atoms with Crippen LogP contribution < -0.4 is 15.8 Å². The van der Waals surface area contributed by atoms with Crippen LogP contribution in [0.25, 0.3) is 0 Å². The Morgan fingerprint density at radius 3 is 1.75 bits per heavy atom. The summed E-state index contributed by atoms with van der Waals surface area (Å²) in [6, 6.07) is 7.74. The van der Waals surface area contributed by atoms with Crippen LogP contribution in [0.3, 0.4) is 0 Å². The van der Waals surface area contributed by atoms with Gasteiger partial charge in [0.2, 0.25) is 0 Å². The average molecular weight is 493 g/mol. The Kier molecular flexibility index (Phi) is 8.76. The van der Waals surface area contributed by atoms with Gasteiger partial charge in [-0.2, -0.15) is 0 Å². The SMILES string of the molecule is CC(C)(C)P(Cc1ccc([Si](C)(C)C)cc1CP(C1CCNC1)C1CCNC1)C(C)(C)C. The van der Waals surface area contributed by atoms with Gasteiger partial charge in [0, 0.05) is 13.1 Å². The maximum atomic E-state index is 3.69. The molecule has 1 aromatic rings. The second-order valence-electron chi connectivity index (χ2n) is 13.1. The van der Waals surface area contributed by atoms with Crippen molar-refractivity contribution in [3.63, 3.8) is 0 Å². The molecule has 0 aliphatic carbocycles. The summed E-state index contributed by atoms with van der Waals surface area (Å²) in [4.78, 5) is 0. The monoisotopic (exact) mass is 492 g/mol. The van der Waals surface area contributed by atoms with E-state index in [0.29, 0.717) is 10.3 Å². The summed E-state index contributed by atoms with van der Waals surface area (Å²) in [5.41, 5.74) is 5.21. The highest BCUT2D eigenvalue weighted by Gasteiger charge is 2.36. The largest absolute Gasteiger partial charge is 0.316 e. The maximum Gasteiger partial charge on any atom is 0.0776 e. The average Bonchev–Trinajstić information content (AvgIpc) is 3.36. The van der Waals surface area contributed by atoms with Crippen LogP contribution >= 0.6 is 15.8 Å². The predicted octanol–water partition coefficient (Wildman–Crippen LogP) is 6.52. The van der Waals surface area contributed by atoms with E-state index in [2.05, 4.69) is 90.0 Å². The van der Waals surface area contributed by atoms with Crippen LogP contribution in [-0.4, -0.2) is 55.9 Å². The summed E-state index contributed by atoms with van der Waals surface area (Å²) >= 11 is 0. The Balaban J connectivity index is 1.98.